The molecular formula is C21H24N6O2. The second-order valence-electron chi connectivity index (χ2n) is 6.94. The minimum absolute atomic E-state index is 0.230. The SMILES string of the molecule is CN=C(NCCN1C(=O)c2ccccc2C1=O)N1CCN(c2ccccn2)CC1. The number of aliphatic imine (C=N–C) groups is 1. The highest BCUT2D eigenvalue weighted by molar-refractivity contribution is 6.21. The number of rotatable bonds is 4. The molecule has 8 nitrogen and oxygen atoms in total. The van der Waals surface area contributed by atoms with Crippen LogP contribution >= 0.6 is 0 Å². The molecule has 8 heteroatoms. The molecule has 0 spiro atoms. The summed E-state index contributed by atoms with van der Waals surface area (Å²) in [4.78, 5) is 39.4. The monoisotopic (exact) mass is 392 g/mol. The number of amides is 2. The number of imide groups is 1. The van der Waals surface area contributed by atoms with E-state index in [0.29, 0.717) is 24.2 Å². The van der Waals surface area contributed by atoms with E-state index < -0.39 is 0 Å². The van der Waals surface area contributed by atoms with Gasteiger partial charge in [0.1, 0.15) is 5.82 Å². The Kier molecular flexibility index (Phi) is 5.41. The molecule has 0 radical (unpaired) electrons. The van der Waals surface area contributed by atoms with Gasteiger partial charge >= 0.3 is 0 Å². The van der Waals surface area contributed by atoms with Crippen LogP contribution in [0.3, 0.4) is 0 Å². The predicted molar refractivity (Wildman–Crippen MR) is 111 cm³/mol. The molecule has 2 aliphatic heterocycles. The van der Waals surface area contributed by atoms with E-state index in [4.69, 9.17) is 0 Å². The summed E-state index contributed by atoms with van der Waals surface area (Å²) in [5.41, 5.74) is 0.958. The number of aromatic nitrogens is 1. The van der Waals surface area contributed by atoms with E-state index in [9.17, 15) is 9.59 Å². The van der Waals surface area contributed by atoms with Gasteiger partial charge in [-0.25, -0.2) is 4.98 Å². The molecule has 0 saturated carbocycles. The Morgan fingerprint density at radius 1 is 1.00 bits per heavy atom. The standard InChI is InChI=1S/C21H24N6O2/c1-22-21(26-14-12-25(13-15-26)18-8-4-5-9-23-18)24-10-11-27-19(28)16-6-2-3-7-17(16)20(27)29/h2-9H,10-15H2,1H3,(H,22,24). The fourth-order valence-corrected chi connectivity index (χ4v) is 3.74. The lowest BCUT2D eigenvalue weighted by Crippen LogP contribution is -2.53. The van der Waals surface area contributed by atoms with Crippen molar-refractivity contribution in [1.29, 1.82) is 0 Å². The summed E-state index contributed by atoms with van der Waals surface area (Å²) < 4.78 is 0. The van der Waals surface area contributed by atoms with Crippen molar-refractivity contribution in [3.05, 3.63) is 59.8 Å². The molecule has 0 bridgehead atoms. The fraction of sp³-hybridized carbons (Fsp3) is 0.333. The van der Waals surface area contributed by atoms with E-state index in [1.165, 1.54) is 4.90 Å². The van der Waals surface area contributed by atoms with Crippen LogP contribution in [-0.2, 0) is 0 Å². The minimum atomic E-state index is -0.230. The van der Waals surface area contributed by atoms with Gasteiger partial charge in [-0.05, 0) is 24.3 Å². The third-order valence-electron chi connectivity index (χ3n) is 5.26. The smallest absolute Gasteiger partial charge is 0.261 e. The maximum absolute atomic E-state index is 12.5. The Hall–Kier alpha value is -3.42. The number of benzene rings is 1. The minimum Gasteiger partial charge on any atom is -0.354 e. The van der Waals surface area contributed by atoms with E-state index >= 15 is 0 Å². The van der Waals surface area contributed by atoms with Gasteiger partial charge in [0.15, 0.2) is 5.96 Å². The van der Waals surface area contributed by atoms with Gasteiger partial charge in [0.25, 0.3) is 11.8 Å². The molecule has 150 valence electrons. The first-order valence-electron chi connectivity index (χ1n) is 9.76. The quantitative estimate of drug-likeness (QED) is 0.476. The highest BCUT2D eigenvalue weighted by atomic mass is 16.2. The Bertz CT molecular complexity index is 887. The molecule has 1 fully saturated rings. The number of nitrogens with zero attached hydrogens (tertiary/aromatic N) is 5. The normalized spacial score (nSPS) is 17.0. The molecule has 0 atom stereocenters. The zero-order chi connectivity index (χ0) is 20.2. The topological polar surface area (TPSA) is 81.1 Å². The average molecular weight is 392 g/mol. The summed E-state index contributed by atoms with van der Waals surface area (Å²) in [5.74, 6) is 1.31. The summed E-state index contributed by atoms with van der Waals surface area (Å²) in [6, 6.07) is 12.9. The summed E-state index contributed by atoms with van der Waals surface area (Å²) >= 11 is 0. The molecule has 0 unspecified atom stereocenters. The Morgan fingerprint density at radius 2 is 1.66 bits per heavy atom. The van der Waals surface area contributed by atoms with Crippen LogP contribution in [0.2, 0.25) is 0 Å². The number of guanidine groups is 1. The number of anilines is 1. The van der Waals surface area contributed by atoms with E-state index in [2.05, 4.69) is 25.1 Å². The van der Waals surface area contributed by atoms with Crippen molar-refractivity contribution in [1.82, 2.24) is 20.1 Å². The molecule has 1 saturated heterocycles. The maximum Gasteiger partial charge on any atom is 0.261 e. The zero-order valence-corrected chi connectivity index (χ0v) is 16.4. The van der Waals surface area contributed by atoms with Gasteiger partial charge in [-0.3, -0.25) is 19.5 Å². The molecule has 0 aliphatic carbocycles. The maximum atomic E-state index is 12.5. The summed E-state index contributed by atoms with van der Waals surface area (Å²) in [6.45, 7) is 4.12. The van der Waals surface area contributed by atoms with Crippen molar-refractivity contribution >= 4 is 23.6 Å². The largest absolute Gasteiger partial charge is 0.354 e. The lowest BCUT2D eigenvalue weighted by molar-refractivity contribution is 0.0657. The average Bonchev–Trinajstić information content (AvgIpc) is 3.02. The van der Waals surface area contributed by atoms with E-state index in [0.717, 1.165) is 38.0 Å². The summed E-state index contributed by atoms with van der Waals surface area (Å²) in [7, 11) is 1.75. The van der Waals surface area contributed by atoms with Gasteiger partial charge in [0, 0.05) is 52.5 Å². The fourth-order valence-electron chi connectivity index (χ4n) is 3.74. The van der Waals surface area contributed by atoms with Gasteiger partial charge in [-0.15, -0.1) is 0 Å². The molecule has 4 rings (SSSR count). The van der Waals surface area contributed by atoms with Crippen LogP contribution < -0.4 is 10.2 Å². The second kappa shape index (κ2) is 8.30. The first-order valence-corrected chi connectivity index (χ1v) is 9.76. The van der Waals surface area contributed by atoms with Crippen LogP contribution in [0.1, 0.15) is 20.7 Å². The highest BCUT2D eigenvalue weighted by Crippen LogP contribution is 2.21. The first kappa shape index (κ1) is 18.9. The van der Waals surface area contributed by atoms with Gasteiger partial charge < -0.3 is 15.1 Å². The third-order valence-corrected chi connectivity index (χ3v) is 5.26. The van der Waals surface area contributed by atoms with Crippen LogP contribution in [-0.4, -0.2) is 78.9 Å². The van der Waals surface area contributed by atoms with Crippen LogP contribution in [0.5, 0.6) is 0 Å². The van der Waals surface area contributed by atoms with Gasteiger partial charge in [0.05, 0.1) is 11.1 Å². The van der Waals surface area contributed by atoms with Crippen LogP contribution in [0.4, 0.5) is 5.82 Å². The van der Waals surface area contributed by atoms with Crippen molar-refractivity contribution in [2.24, 2.45) is 4.99 Å². The molecular weight excluding hydrogens is 368 g/mol. The van der Waals surface area contributed by atoms with Crippen LogP contribution in [0.25, 0.3) is 0 Å². The number of pyridine rings is 1. The summed E-state index contributed by atoms with van der Waals surface area (Å²) in [6.07, 6.45) is 1.81. The number of carbonyl (C=O) groups is 2. The van der Waals surface area contributed by atoms with Gasteiger partial charge in [-0.1, -0.05) is 18.2 Å². The first-order chi connectivity index (χ1) is 14.2. The van der Waals surface area contributed by atoms with E-state index in [-0.39, 0.29) is 11.8 Å². The number of hydrogen-bond acceptors (Lipinski definition) is 5. The van der Waals surface area contributed by atoms with Crippen LogP contribution in [0, 0.1) is 0 Å². The van der Waals surface area contributed by atoms with Crippen molar-refractivity contribution in [2.45, 2.75) is 0 Å². The van der Waals surface area contributed by atoms with Crippen molar-refractivity contribution in [2.75, 3.05) is 51.2 Å². The highest BCUT2D eigenvalue weighted by Gasteiger charge is 2.34. The number of fused-ring (bicyclic) bond motifs is 1. The summed E-state index contributed by atoms with van der Waals surface area (Å²) in [5, 5.41) is 3.28. The van der Waals surface area contributed by atoms with Crippen molar-refractivity contribution in [3.8, 4) is 0 Å². The third kappa shape index (κ3) is 3.78. The molecule has 1 N–H and O–H groups in total. The van der Waals surface area contributed by atoms with Crippen molar-refractivity contribution in [3.63, 3.8) is 0 Å². The number of nitrogens with one attached hydrogen (secondary N) is 1. The molecule has 1 aromatic heterocycles. The number of piperazine rings is 1. The van der Waals surface area contributed by atoms with Gasteiger partial charge in [-0.2, -0.15) is 0 Å². The van der Waals surface area contributed by atoms with Crippen molar-refractivity contribution < 1.29 is 9.59 Å². The van der Waals surface area contributed by atoms with E-state index in [1.54, 1.807) is 37.5 Å². The molecule has 29 heavy (non-hydrogen) atoms. The Labute approximate surface area is 169 Å². The van der Waals surface area contributed by atoms with Gasteiger partial charge in [0.2, 0.25) is 0 Å². The molecule has 2 aliphatic rings. The molecule has 2 amide bonds. The lowest BCUT2D eigenvalue weighted by Gasteiger charge is -2.37. The predicted octanol–water partition coefficient (Wildman–Crippen LogP) is 1.08. The zero-order valence-electron chi connectivity index (χ0n) is 16.4. The number of carbonyl (C=O) groups excluding carboxylic acids is 2. The Balaban J connectivity index is 1.29. The number of hydrogen-bond donors (Lipinski definition) is 1. The second-order valence-corrected chi connectivity index (χ2v) is 6.94. The lowest BCUT2D eigenvalue weighted by atomic mass is 10.1. The molecule has 2 aromatic rings. The Morgan fingerprint density at radius 3 is 2.24 bits per heavy atom. The van der Waals surface area contributed by atoms with E-state index in [1.807, 2.05) is 18.2 Å². The van der Waals surface area contributed by atoms with Crippen LogP contribution in [0.15, 0.2) is 53.7 Å². The molecule has 3 heterocycles. The molecule has 1 aromatic carbocycles.